The Kier molecular flexibility index (Phi) is 4.83. The molecule has 6 heteroatoms. The van der Waals surface area contributed by atoms with Crippen LogP contribution in [0.25, 0.3) is 10.8 Å². The number of benzene rings is 3. The molecule has 1 N–H and O–H groups in total. The summed E-state index contributed by atoms with van der Waals surface area (Å²) in [7, 11) is -3.61. The highest BCUT2D eigenvalue weighted by Gasteiger charge is 2.38. The summed E-state index contributed by atoms with van der Waals surface area (Å²) in [6.45, 7) is 0.310. The normalized spacial score (nSPS) is 16.7. The first kappa shape index (κ1) is 19.3. The molecular formula is C24H24N2O3S. The summed E-state index contributed by atoms with van der Waals surface area (Å²) in [5.74, 6) is -0.0631. The van der Waals surface area contributed by atoms with Crippen LogP contribution in [0.1, 0.15) is 41.6 Å². The van der Waals surface area contributed by atoms with Crippen LogP contribution in [0.5, 0.6) is 0 Å². The Morgan fingerprint density at radius 2 is 1.60 bits per heavy atom. The third kappa shape index (κ3) is 3.98. The molecule has 2 aliphatic rings. The van der Waals surface area contributed by atoms with Crippen LogP contribution in [-0.4, -0.2) is 30.7 Å². The van der Waals surface area contributed by atoms with Gasteiger partial charge in [-0.25, -0.2) is 8.42 Å². The Balaban J connectivity index is 1.38. The van der Waals surface area contributed by atoms with Crippen molar-refractivity contribution in [3.63, 3.8) is 0 Å². The largest absolute Gasteiger partial charge is 0.349 e. The number of sulfonamides is 1. The fourth-order valence-electron chi connectivity index (χ4n) is 3.67. The highest BCUT2D eigenvalue weighted by molar-refractivity contribution is 7.89. The molecule has 0 heterocycles. The quantitative estimate of drug-likeness (QED) is 0.626. The van der Waals surface area contributed by atoms with Gasteiger partial charge >= 0.3 is 0 Å². The van der Waals surface area contributed by atoms with Crippen LogP contribution in [0.4, 0.5) is 0 Å². The van der Waals surface area contributed by atoms with Gasteiger partial charge in [0.1, 0.15) is 0 Å². The van der Waals surface area contributed by atoms with Crippen molar-refractivity contribution < 1.29 is 13.2 Å². The minimum Gasteiger partial charge on any atom is -0.349 e. The smallest absolute Gasteiger partial charge is 0.251 e. The third-order valence-corrected chi connectivity index (χ3v) is 7.64. The van der Waals surface area contributed by atoms with E-state index < -0.39 is 10.0 Å². The molecule has 0 radical (unpaired) electrons. The fraction of sp³-hybridized carbons (Fsp3) is 0.292. The molecule has 2 fully saturated rings. The van der Waals surface area contributed by atoms with E-state index in [1.165, 1.54) is 0 Å². The van der Waals surface area contributed by atoms with Crippen LogP contribution >= 0.6 is 0 Å². The average Bonchev–Trinajstić information content (AvgIpc) is 3.67. The number of fused-ring (bicyclic) bond motifs is 1. The standard InChI is InChI=1S/C24H24N2O3S/c27-24(25-21-10-11-21)19-7-5-17(6-8-19)16-26(22-12-13-22)30(28,29)23-14-9-18-3-1-2-4-20(18)15-23/h1-9,14-15,21-22H,10-13,16H2,(H,25,27). The van der Waals surface area contributed by atoms with Crippen molar-refractivity contribution in [2.24, 2.45) is 0 Å². The number of hydrogen-bond donors (Lipinski definition) is 1. The molecule has 0 aliphatic heterocycles. The van der Waals surface area contributed by atoms with E-state index in [0.717, 1.165) is 42.0 Å². The van der Waals surface area contributed by atoms with Gasteiger partial charge in [0.2, 0.25) is 10.0 Å². The lowest BCUT2D eigenvalue weighted by atomic mass is 10.1. The molecule has 30 heavy (non-hydrogen) atoms. The Morgan fingerprint density at radius 1 is 0.900 bits per heavy atom. The van der Waals surface area contributed by atoms with E-state index in [-0.39, 0.29) is 11.9 Å². The number of nitrogens with one attached hydrogen (secondary N) is 1. The van der Waals surface area contributed by atoms with E-state index in [1.807, 2.05) is 42.5 Å². The first-order valence-corrected chi connectivity index (χ1v) is 11.9. The highest BCUT2D eigenvalue weighted by atomic mass is 32.2. The zero-order valence-electron chi connectivity index (χ0n) is 16.6. The van der Waals surface area contributed by atoms with Crippen molar-refractivity contribution in [3.05, 3.63) is 77.9 Å². The third-order valence-electron chi connectivity index (χ3n) is 5.75. The maximum atomic E-state index is 13.4. The second kappa shape index (κ2) is 7.52. The second-order valence-corrected chi connectivity index (χ2v) is 10.1. The van der Waals surface area contributed by atoms with Gasteiger partial charge in [-0.05, 0) is 66.3 Å². The summed E-state index contributed by atoms with van der Waals surface area (Å²) in [6.07, 6.45) is 3.86. The predicted octanol–water partition coefficient (Wildman–Crippen LogP) is 4.09. The van der Waals surface area contributed by atoms with Crippen LogP contribution in [0, 0.1) is 0 Å². The maximum Gasteiger partial charge on any atom is 0.251 e. The van der Waals surface area contributed by atoms with E-state index in [1.54, 1.807) is 28.6 Å². The summed E-state index contributed by atoms with van der Waals surface area (Å²) >= 11 is 0. The number of amides is 1. The molecule has 5 nitrogen and oxygen atoms in total. The topological polar surface area (TPSA) is 66.5 Å². The lowest BCUT2D eigenvalue weighted by Gasteiger charge is -2.22. The molecule has 2 aliphatic carbocycles. The zero-order chi connectivity index (χ0) is 20.7. The van der Waals surface area contributed by atoms with Crippen LogP contribution in [0.2, 0.25) is 0 Å². The zero-order valence-corrected chi connectivity index (χ0v) is 17.4. The van der Waals surface area contributed by atoms with Gasteiger partial charge in [0.05, 0.1) is 4.90 Å². The van der Waals surface area contributed by atoms with Gasteiger partial charge in [0, 0.05) is 24.2 Å². The summed E-state index contributed by atoms with van der Waals surface area (Å²) in [5.41, 5.74) is 1.50. The average molecular weight is 421 g/mol. The van der Waals surface area contributed by atoms with Crippen LogP contribution in [0.15, 0.2) is 71.6 Å². The number of carbonyl (C=O) groups is 1. The lowest BCUT2D eigenvalue weighted by Crippen LogP contribution is -2.32. The summed E-state index contributed by atoms with van der Waals surface area (Å²) in [6, 6.07) is 20.7. The van der Waals surface area contributed by atoms with Crippen molar-refractivity contribution in [3.8, 4) is 0 Å². The first-order valence-electron chi connectivity index (χ1n) is 10.4. The Hall–Kier alpha value is -2.70. The predicted molar refractivity (Wildman–Crippen MR) is 117 cm³/mol. The van der Waals surface area contributed by atoms with Crippen LogP contribution < -0.4 is 5.32 Å². The minimum absolute atomic E-state index is 0.0410. The van der Waals surface area contributed by atoms with Crippen molar-refractivity contribution in [1.82, 2.24) is 9.62 Å². The van der Waals surface area contributed by atoms with Gasteiger partial charge in [-0.15, -0.1) is 0 Å². The SMILES string of the molecule is O=C(NC1CC1)c1ccc(CN(C2CC2)S(=O)(=O)c2ccc3ccccc3c2)cc1. The van der Waals surface area contributed by atoms with Crippen LogP contribution in [0.3, 0.4) is 0 Å². The van der Waals surface area contributed by atoms with Crippen molar-refractivity contribution >= 4 is 26.7 Å². The fourth-order valence-corrected chi connectivity index (χ4v) is 5.38. The van der Waals surface area contributed by atoms with E-state index in [4.69, 9.17) is 0 Å². The molecule has 0 bridgehead atoms. The molecular weight excluding hydrogens is 396 g/mol. The molecule has 5 rings (SSSR count). The number of rotatable bonds is 7. The van der Waals surface area contributed by atoms with Crippen molar-refractivity contribution in [2.75, 3.05) is 0 Å². The minimum atomic E-state index is -3.61. The summed E-state index contributed by atoms with van der Waals surface area (Å²) in [4.78, 5) is 12.5. The Bertz CT molecular complexity index is 1200. The molecule has 3 aromatic carbocycles. The molecule has 0 saturated heterocycles. The summed E-state index contributed by atoms with van der Waals surface area (Å²) < 4.78 is 28.5. The van der Waals surface area contributed by atoms with Crippen molar-refractivity contribution in [2.45, 2.75) is 49.2 Å². The monoisotopic (exact) mass is 420 g/mol. The van der Waals surface area contributed by atoms with Gasteiger partial charge in [0.25, 0.3) is 5.91 Å². The van der Waals surface area contributed by atoms with Gasteiger partial charge < -0.3 is 5.32 Å². The van der Waals surface area contributed by atoms with E-state index in [9.17, 15) is 13.2 Å². The molecule has 0 atom stereocenters. The Morgan fingerprint density at radius 3 is 2.27 bits per heavy atom. The molecule has 3 aromatic rings. The molecule has 154 valence electrons. The van der Waals surface area contributed by atoms with Gasteiger partial charge in [-0.3, -0.25) is 4.79 Å². The number of hydrogen-bond acceptors (Lipinski definition) is 3. The number of carbonyl (C=O) groups excluding carboxylic acids is 1. The Labute approximate surface area is 176 Å². The second-order valence-electron chi connectivity index (χ2n) is 8.24. The first-order chi connectivity index (χ1) is 14.5. The van der Waals surface area contributed by atoms with Crippen molar-refractivity contribution in [1.29, 1.82) is 0 Å². The summed E-state index contributed by atoms with van der Waals surface area (Å²) in [5, 5.41) is 4.91. The number of nitrogens with zero attached hydrogens (tertiary/aromatic N) is 1. The molecule has 2 saturated carbocycles. The van der Waals surface area contributed by atoms with E-state index >= 15 is 0 Å². The van der Waals surface area contributed by atoms with Gasteiger partial charge in [0.15, 0.2) is 0 Å². The maximum absolute atomic E-state index is 13.4. The van der Waals surface area contributed by atoms with E-state index in [2.05, 4.69) is 5.32 Å². The van der Waals surface area contributed by atoms with Crippen LogP contribution in [-0.2, 0) is 16.6 Å². The highest BCUT2D eigenvalue weighted by Crippen LogP contribution is 2.34. The molecule has 0 spiro atoms. The van der Waals surface area contributed by atoms with Gasteiger partial charge in [-0.2, -0.15) is 4.31 Å². The van der Waals surface area contributed by atoms with Gasteiger partial charge in [-0.1, -0.05) is 42.5 Å². The molecule has 0 unspecified atom stereocenters. The van der Waals surface area contributed by atoms with E-state index in [0.29, 0.717) is 23.0 Å². The molecule has 0 aromatic heterocycles. The lowest BCUT2D eigenvalue weighted by molar-refractivity contribution is 0.0951. The molecule has 1 amide bonds.